The van der Waals surface area contributed by atoms with Crippen LogP contribution >= 0.6 is 22.9 Å². The molecule has 2 aromatic heterocycles. The summed E-state index contributed by atoms with van der Waals surface area (Å²) in [5.74, 6) is -2.01. The van der Waals surface area contributed by atoms with Gasteiger partial charge in [-0.3, -0.25) is 9.36 Å². The molecule has 2 aromatic carbocycles. The molecule has 6 nitrogen and oxygen atoms in total. The maximum atomic E-state index is 13.4. The van der Waals surface area contributed by atoms with Crippen molar-refractivity contribution in [3.05, 3.63) is 70.2 Å². The number of aromatic nitrogens is 2. The molecule has 5 rings (SSSR count). The smallest absolute Gasteiger partial charge is 0.275 e. The number of benzene rings is 2. The number of rotatable bonds is 7. The van der Waals surface area contributed by atoms with Gasteiger partial charge >= 0.3 is 0 Å². The summed E-state index contributed by atoms with van der Waals surface area (Å²) >= 11 is 7.34. The van der Waals surface area contributed by atoms with E-state index in [0.717, 1.165) is 10.4 Å². The van der Waals surface area contributed by atoms with Crippen LogP contribution in [0.25, 0.3) is 26.3 Å². The lowest BCUT2D eigenvalue weighted by molar-refractivity contribution is -0.227. The van der Waals surface area contributed by atoms with Gasteiger partial charge in [0.1, 0.15) is 23.2 Å². The maximum Gasteiger partial charge on any atom is 0.275 e. The molecule has 2 heterocycles. The van der Waals surface area contributed by atoms with Crippen molar-refractivity contribution < 1.29 is 23.0 Å². The summed E-state index contributed by atoms with van der Waals surface area (Å²) in [5, 5.41) is 0.639. The van der Waals surface area contributed by atoms with Crippen LogP contribution in [0.3, 0.4) is 0 Å². The summed E-state index contributed by atoms with van der Waals surface area (Å²) in [6, 6.07) is 14.2. The first-order valence-electron chi connectivity index (χ1n) is 10.7. The Morgan fingerprint density at radius 1 is 1.09 bits per heavy atom. The first-order chi connectivity index (χ1) is 16.7. The molecule has 0 spiro atoms. The first-order valence-corrected chi connectivity index (χ1v) is 11.9. The van der Waals surface area contributed by atoms with Gasteiger partial charge in [-0.15, -0.1) is 11.3 Å². The predicted octanol–water partition coefficient (Wildman–Crippen LogP) is 5.97. The zero-order valence-electron chi connectivity index (χ0n) is 18.9. The maximum absolute atomic E-state index is 13.4. The quantitative estimate of drug-likeness (QED) is 0.302. The number of ether oxygens (including phenoxy) is 3. The number of hydrogen-bond acceptors (Lipinski definition) is 6. The molecule has 4 aromatic rings. The summed E-state index contributed by atoms with van der Waals surface area (Å²) in [5.41, 5.74) is 0.845. The van der Waals surface area contributed by atoms with Gasteiger partial charge in [-0.1, -0.05) is 23.7 Å². The van der Waals surface area contributed by atoms with Crippen LogP contribution in [0.2, 0.25) is 5.02 Å². The summed E-state index contributed by atoms with van der Waals surface area (Å²) in [6.07, 6.45) is 0.683. The Hall–Kier alpha value is -3.01. The normalized spacial score (nSPS) is 16.1. The van der Waals surface area contributed by atoms with Crippen molar-refractivity contribution in [3.63, 3.8) is 0 Å². The van der Waals surface area contributed by atoms with E-state index in [1.165, 1.54) is 36.5 Å². The topological polar surface area (TPSA) is 62.6 Å². The largest absolute Gasteiger partial charge is 0.493 e. The van der Waals surface area contributed by atoms with E-state index in [2.05, 4.69) is 4.98 Å². The Balaban J connectivity index is 1.43. The van der Waals surface area contributed by atoms with Gasteiger partial charge in [0.15, 0.2) is 11.5 Å². The van der Waals surface area contributed by atoms with Crippen molar-refractivity contribution >= 4 is 33.2 Å². The lowest BCUT2D eigenvalue weighted by atomic mass is 9.77. The third-order valence-electron chi connectivity index (χ3n) is 6.08. The van der Waals surface area contributed by atoms with Gasteiger partial charge in [0.2, 0.25) is 0 Å². The Bertz CT molecular complexity index is 1440. The molecule has 35 heavy (non-hydrogen) atoms. The number of fused-ring (bicyclic) bond motifs is 1. The zero-order valence-corrected chi connectivity index (χ0v) is 20.5. The third kappa shape index (κ3) is 4.51. The fraction of sp³-hybridized carbons (Fsp3) is 0.280. The van der Waals surface area contributed by atoms with Crippen LogP contribution in [0.1, 0.15) is 12.8 Å². The fourth-order valence-electron chi connectivity index (χ4n) is 4.18. The minimum Gasteiger partial charge on any atom is -0.493 e. The van der Waals surface area contributed by atoms with E-state index in [1.54, 1.807) is 30.3 Å². The second-order valence-electron chi connectivity index (χ2n) is 8.47. The molecule has 0 N–H and O–H groups in total. The molecule has 1 aliphatic rings. The number of methoxy groups -OCH3 is 2. The van der Waals surface area contributed by atoms with Gasteiger partial charge in [0, 0.05) is 35.9 Å². The molecule has 182 valence electrons. The van der Waals surface area contributed by atoms with Crippen LogP contribution in [0, 0.1) is 0 Å². The Labute approximate surface area is 208 Å². The average molecular weight is 519 g/mol. The lowest BCUT2D eigenvalue weighted by Gasteiger charge is -2.45. The lowest BCUT2D eigenvalue weighted by Crippen LogP contribution is -2.56. The van der Waals surface area contributed by atoms with Crippen molar-refractivity contribution in [2.24, 2.45) is 0 Å². The van der Waals surface area contributed by atoms with Gasteiger partial charge in [0.25, 0.3) is 11.5 Å². The molecule has 0 radical (unpaired) electrons. The van der Waals surface area contributed by atoms with Crippen molar-refractivity contribution in [3.8, 4) is 27.6 Å². The molecule has 0 amide bonds. The number of halogens is 3. The Morgan fingerprint density at radius 3 is 2.49 bits per heavy atom. The number of alkyl halides is 2. The predicted molar refractivity (Wildman–Crippen MR) is 132 cm³/mol. The molecule has 0 aliphatic heterocycles. The van der Waals surface area contributed by atoms with Crippen molar-refractivity contribution in [2.75, 3.05) is 20.8 Å². The van der Waals surface area contributed by atoms with E-state index < -0.39 is 24.4 Å². The molecule has 1 saturated carbocycles. The van der Waals surface area contributed by atoms with Gasteiger partial charge in [-0.05, 0) is 35.9 Å². The second kappa shape index (κ2) is 8.89. The van der Waals surface area contributed by atoms with Crippen molar-refractivity contribution in [1.82, 2.24) is 9.55 Å². The highest BCUT2D eigenvalue weighted by atomic mass is 35.5. The van der Waals surface area contributed by atoms with Crippen LogP contribution in [0.15, 0.2) is 59.7 Å². The highest BCUT2D eigenvalue weighted by molar-refractivity contribution is 7.22. The highest BCUT2D eigenvalue weighted by Crippen LogP contribution is 2.48. The van der Waals surface area contributed by atoms with E-state index in [4.69, 9.17) is 25.8 Å². The minimum atomic E-state index is -2.74. The standard InChI is InChI=1S/C25H21ClF2N2O4S/c1-32-20-9-17(7-8-19(20)34-13-24(33-2)11-25(27,28)12-24)30-14-29-18-10-21(35-22(18)23(30)31)15-3-5-16(26)6-4-15/h3-10,14H,11-13H2,1-2H3. The monoisotopic (exact) mass is 518 g/mol. The molecule has 0 bridgehead atoms. The van der Waals surface area contributed by atoms with E-state index in [1.807, 2.05) is 18.2 Å². The van der Waals surface area contributed by atoms with E-state index >= 15 is 0 Å². The molecule has 10 heteroatoms. The molecule has 1 fully saturated rings. The third-order valence-corrected chi connectivity index (χ3v) is 7.49. The van der Waals surface area contributed by atoms with Crippen molar-refractivity contribution in [1.29, 1.82) is 0 Å². The SMILES string of the molecule is COc1cc(-n2cnc3cc(-c4ccc(Cl)cc4)sc3c2=O)ccc1OCC1(OC)CC(F)(F)C1. The first kappa shape index (κ1) is 23.7. The van der Waals surface area contributed by atoms with E-state index in [0.29, 0.717) is 32.4 Å². The Morgan fingerprint density at radius 2 is 1.83 bits per heavy atom. The molecule has 0 saturated heterocycles. The Kier molecular flexibility index (Phi) is 6.03. The van der Waals surface area contributed by atoms with E-state index in [-0.39, 0.29) is 12.2 Å². The van der Waals surface area contributed by atoms with Gasteiger partial charge in [-0.25, -0.2) is 13.8 Å². The van der Waals surface area contributed by atoms with Crippen LogP contribution in [-0.2, 0) is 4.74 Å². The van der Waals surface area contributed by atoms with Gasteiger partial charge in [-0.2, -0.15) is 0 Å². The molecule has 0 unspecified atom stereocenters. The summed E-state index contributed by atoms with van der Waals surface area (Å²) in [4.78, 5) is 18.6. The molecular weight excluding hydrogens is 498 g/mol. The second-order valence-corrected chi connectivity index (χ2v) is 9.96. The summed E-state index contributed by atoms with van der Waals surface area (Å²) in [7, 11) is 2.87. The number of thiophene rings is 1. The van der Waals surface area contributed by atoms with Crippen LogP contribution in [0.5, 0.6) is 11.5 Å². The zero-order chi connectivity index (χ0) is 24.8. The highest BCUT2D eigenvalue weighted by Gasteiger charge is 2.57. The van der Waals surface area contributed by atoms with E-state index in [9.17, 15) is 13.6 Å². The van der Waals surface area contributed by atoms with Crippen LogP contribution < -0.4 is 15.0 Å². The average Bonchev–Trinajstić information content (AvgIpc) is 3.27. The van der Waals surface area contributed by atoms with Crippen LogP contribution in [-0.4, -0.2) is 41.9 Å². The number of hydrogen-bond donors (Lipinski definition) is 0. The number of nitrogens with zero attached hydrogens (tertiary/aromatic N) is 2. The van der Waals surface area contributed by atoms with Gasteiger partial charge in [0.05, 0.1) is 18.3 Å². The van der Waals surface area contributed by atoms with Crippen LogP contribution in [0.4, 0.5) is 8.78 Å². The minimum absolute atomic E-state index is 0.0368. The summed E-state index contributed by atoms with van der Waals surface area (Å²) in [6.45, 7) is -0.0368. The van der Waals surface area contributed by atoms with Gasteiger partial charge < -0.3 is 14.2 Å². The molecule has 0 atom stereocenters. The summed E-state index contributed by atoms with van der Waals surface area (Å²) < 4.78 is 45.2. The molecular formula is C25H21ClF2N2O4S. The molecule has 1 aliphatic carbocycles. The fourth-order valence-corrected chi connectivity index (χ4v) is 5.36. The van der Waals surface area contributed by atoms with Crippen molar-refractivity contribution in [2.45, 2.75) is 24.4 Å².